The third-order valence-corrected chi connectivity index (χ3v) is 9.07. The van der Waals surface area contributed by atoms with Crippen LogP contribution in [-0.2, 0) is 26.2 Å². The van der Waals surface area contributed by atoms with Gasteiger partial charge in [-0.15, -0.1) is 0 Å². The van der Waals surface area contributed by atoms with Crippen LogP contribution in [0.2, 0.25) is 10.0 Å². The van der Waals surface area contributed by atoms with Crippen molar-refractivity contribution in [1.29, 1.82) is 0 Å². The minimum atomic E-state index is -4.36. The second kappa shape index (κ2) is 15.4. The van der Waals surface area contributed by atoms with E-state index in [0.29, 0.717) is 34.5 Å². The molecule has 0 aliphatic rings. The van der Waals surface area contributed by atoms with Gasteiger partial charge < -0.3 is 15.0 Å². The fourth-order valence-electron chi connectivity index (χ4n) is 4.33. The molecule has 0 saturated heterocycles. The molecule has 0 aliphatic heterocycles. The van der Waals surface area contributed by atoms with Crippen LogP contribution < -0.4 is 14.4 Å². The molecule has 0 spiro atoms. The van der Waals surface area contributed by atoms with Gasteiger partial charge in [-0.05, 0) is 79.9 Å². The molecule has 1 atom stereocenters. The SMILES string of the molecule is CCOc1ccc(N(CC(=O)N(Cc2c(Cl)cccc2Cl)[C@H](CC)C(=O)NCC(C)C)S(=O)(=O)c2ccc(F)cc2)cc1. The van der Waals surface area contributed by atoms with Gasteiger partial charge in [0.2, 0.25) is 11.8 Å². The Morgan fingerprint density at radius 3 is 2.09 bits per heavy atom. The van der Waals surface area contributed by atoms with E-state index < -0.39 is 34.3 Å². The van der Waals surface area contributed by atoms with E-state index in [1.54, 1.807) is 37.3 Å². The highest BCUT2D eigenvalue weighted by atomic mass is 35.5. The summed E-state index contributed by atoms with van der Waals surface area (Å²) in [5.74, 6) is -0.980. The van der Waals surface area contributed by atoms with E-state index in [1.807, 2.05) is 20.8 Å². The van der Waals surface area contributed by atoms with Gasteiger partial charge in [-0.2, -0.15) is 0 Å². The summed E-state index contributed by atoms with van der Waals surface area (Å²) in [7, 11) is -4.36. The number of carbonyl (C=O) groups excluding carboxylic acids is 2. The van der Waals surface area contributed by atoms with Gasteiger partial charge in [0.15, 0.2) is 0 Å². The average molecular weight is 653 g/mol. The summed E-state index contributed by atoms with van der Waals surface area (Å²) in [6.45, 7) is 7.47. The molecule has 3 rings (SSSR count). The Hall–Kier alpha value is -3.34. The van der Waals surface area contributed by atoms with Crippen LogP contribution in [0.5, 0.6) is 5.75 Å². The largest absolute Gasteiger partial charge is 0.494 e. The lowest BCUT2D eigenvalue weighted by Gasteiger charge is -2.33. The normalized spacial score (nSPS) is 12.1. The molecule has 0 bridgehead atoms. The molecule has 0 heterocycles. The van der Waals surface area contributed by atoms with E-state index in [0.717, 1.165) is 28.6 Å². The molecule has 3 aromatic carbocycles. The van der Waals surface area contributed by atoms with Gasteiger partial charge in [0.1, 0.15) is 24.2 Å². The number of halogens is 3. The van der Waals surface area contributed by atoms with E-state index in [1.165, 1.54) is 17.0 Å². The Balaban J connectivity index is 2.09. The first kappa shape index (κ1) is 34.2. The molecular formula is C31H36Cl2FN3O5S. The Morgan fingerprint density at radius 1 is 0.953 bits per heavy atom. The number of benzene rings is 3. The smallest absolute Gasteiger partial charge is 0.264 e. The van der Waals surface area contributed by atoms with Gasteiger partial charge in [-0.25, -0.2) is 12.8 Å². The number of ether oxygens (including phenoxy) is 1. The molecule has 0 saturated carbocycles. The van der Waals surface area contributed by atoms with E-state index in [2.05, 4.69) is 5.32 Å². The first-order valence-electron chi connectivity index (χ1n) is 13.9. The predicted molar refractivity (Wildman–Crippen MR) is 167 cm³/mol. The van der Waals surface area contributed by atoms with E-state index >= 15 is 0 Å². The number of amides is 2. The number of rotatable bonds is 14. The summed E-state index contributed by atoms with van der Waals surface area (Å²) in [6, 6.07) is 14.5. The molecule has 43 heavy (non-hydrogen) atoms. The minimum absolute atomic E-state index is 0.140. The van der Waals surface area contributed by atoms with Crippen LogP contribution in [0.3, 0.4) is 0 Å². The summed E-state index contributed by atoms with van der Waals surface area (Å²) >= 11 is 12.9. The highest BCUT2D eigenvalue weighted by Gasteiger charge is 2.34. The van der Waals surface area contributed by atoms with Crippen LogP contribution in [-0.4, -0.2) is 50.9 Å². The summed E-state index contributed by atoms with van der Waals surface area (Å²) in [6.07, 6.45) is 0.242. The predicted octanol–water partition coefficient (Wildman–Crippen LogP) is 6.31. The van der Waals surface area contributed by atoms with Gasteiger partial charge in [-0.3, -0.25) is 13.9 Å². The molecule has 0 aromatic heterocycles. The lowest BCUT2D eigenvalue weighted by molar-refractivity contribution is -0.140. The summed E-state index contributed by atoms with van der Waals surface area (Å²) in [5, 5.41) is 3.46. The monoisotopic (exact) mass is 651 g/mol. The van der Waals surface area contributed by atoms with Gasteiger partial charge in [-0.1, -0.05) is 50.0 Å². The van der Waals surface area contributed by atoms with Crippen LogP contribution in [0.1, 0.15) is 39.7 Å². The number of hydrogen-bond acceptors (Lipinski definition) is 5. The number of nitrogens with zero attached hydrogens (tertiary/aromatic N) is 2. The molecular weight excluding hydrogens is 616 g/mol. The second-order valence-corrected chi connectivity index (χ2v) is 12.9. The van der Waals surface area contributed by atoms with Crippen molar-refractivity contribution in [1.82, 2.24) is 10.2 Å². The lowest BCUT2D eigenvalue weighted by Crippen LogP contribution is -2.52. The van der Waals surface area contributed by atoms with Crippen molar-refractivity contribution in [3.8, 4) is 5.75 Å². The molecule has 232 valence electrons. The van der Waals surface area contributed by atoms with Crippen molar-refractivity contribution >= 4 is 50.7 Å². The zero-order chi connectivity index (χ0) is 31.7. The maximum atomic E-state index is 14.2. The topological polar surface area (TPSA) is 96.0 Å². The van der Waals surface area contributed by atoms with Crippen molar-refractivity contribution < 1.29 is 27.1 Å². The molecule has 12 heteroatoms. The molecule has 8 nitrogen and oxygen atoms in total. The fraction of sp³-hybridized carbons (Fsp3) is 0.355. The second-order valence-electron chi connectivity index (χ2n) is 10.2. The van der Waals surface area contributed by atoms with E-state index in [-0.39, 0.29) is 35.4 Å². The van der Waals surface area contributed by atoms with Gasteiger partial charge in [0, 0.05) is 28.7 Å². The number of sulfonamides is 1. The van der Waals surface area contributed by atoms with Crippen molar-refractivity contribution in [3.05, 3.63) is 88.2 Å². The molecule has 0 fully saturated rings. The third kappa shape index (κ3) is 8.84. The number of carbonyl (C=O) groups is 2. The molecule has 1 N–H and O–H groups in total. The van der Waals surface area contributed by atoms with Crippen molar-refractivity contribution in [2.24, 2.45) is 5.92 Å². The molecule has 0 radical (unpaired) electrons. The Kier molecular flexibility index (Phi) is 12.2. The summed E-state index contributed by atoms with van der Waals surface area (Å²) in [5.41, 5.74) is 0.595. The Bertz CT molecular complexity index is 1480. The van der Waals surface area contributed by atoms with Gasteiger partial charge in [0.25, 0.3) is 10.0 Å². The molecule has 2 amide bonds. The highest BCUT2D eigenvalue weighted by molar-refractivity contribution is 7.92. The van der Waals surface area contributed by atoms with Crippen LogP contribution in [0.15, 0.2) is 71.6 Å². The number of anilines is 1. The maximum Gasteiger partial charge on any atom is 0.264 e. The van der Waals surface area contributed by atoms with Crippen molar-refractivity contribution in [2.45, 2.75) is 51.6 Å². The van der Waals surface area contributed by atoms with Crippen LogP contribution in [0.25, 0.3) is 0 Å². The maximum absolute atomic E-state index is 14.2. The Labute approximate surface area is 262 Å². The van der Waals surface area contributed by atoms with E-state index in [9.17, 15) is 22.4 Å². The average Bonchev–Trinajstić information content (AvgIpc) is 2.97. The minimum Gasteiger partial charge on any atom is -0.494 e. The van der Waals surface area contributed by atoms with Gasteiger partial charge >= 0.3 is 0 Å². The van der Waals surface area contributed by atoms with Crippen LogP contribution in [0, 0.1) is 11.7 Å². The number of hydrogen-bond donors (Lipinski definition) is 1. The lowest BCUT2D eigenvalue weighted by atomic mass is 10.1. The Morgan fingerprint density at radius 2 is 1.56 bits per heavy atom. The number of nitrogens with one attached hydrogen (secondary N) is 1. The summed E-state index contributed by atoms with van der Waals surface area (Å²) < 4.78 is 47.9. The first-order valence-corrected chi connectivity index (χ1v) is 16.1. The summed E-state index contributed by atoms with van der Waals surface area (Å²) in [4.78, 5) is 28.6. The first-order chi connectivity index (χ1) is 20.4. The van der Waals surface area contributed by atoms with Crippen molar-refractivity contribution in [2.75, 3.05) is 24.0 Å². The fourth-order valence-corrected chi connectivity index (χ4v) is 6.26. The zero-order valence-corrected chi connectivity index (χ0v) is 26.8. The van der Waals surface area contributed by atoms with E-state index in [4.69, 9.17) is 27.9 Å². The highest BCUT2D eigenvalue weighted by Crippen LogP contribution is 2.29. The van der Waals surface area contributed by atoms with Crippen molar-refractivity contribution in [3.63, 3.8) is 0 Å². The quantitative estimate of drug-likeness (QED) is 0.221. The standard InChI is InChI=1S/C31H36Cl2FN3O5S/c1-5-29(31(39)35-18-21(3)4)36(19-26-27(32)8-7-9-28(26)33)30(38)20-37(23-12-14-24(15-13-23)42-6-2)43(40,41)25-16-10-22(34)11-17-25/h7-17,21,29H,5-6,18-20H2,1-4H3,(H,35,39)/t29-/m1/s1. The van der Waals surface area contributed by atoms with Crippen LogP contribution in [0.4, 0.5) is 10.1 Å². The molecule has 0 unspecified atom stereocenters. The van der Waals surface area contributed by atoms with Gasteiger partial charge in [0.05, 0.1) is 17.2 Å². The van der Waals surface area contributed by atoms with Crippen LogP contribution >= 0.6 is 23.2 Å². The molecule has 3 aromatic rings. The third-order valence-electron chi connectivity index (χ3n) is 6.58. The zero-order valence-electron chi connectivity index (χ0n) is 24.5. The molecule has 0 aliphatic carbocycles.